The predicted molar refractivity (Wildman–Crippen MR) is 251 cm³/mol. The lowest BCUT2D eigenvalue weighted by Crippen LogP contribution is -2.00. The number of hydrogen-bond donors (Lipinski definition) is 0. The molecule has 0 aliphatic carbocycles. The van der Waals surface area contributed by atoms with Crippen LogP contribution in [0.3, 0.4) is 0 Å². The molecule has 2 aromatic heterocycles. The zero-order chi connectivity index (χ0) is 40.5. The maximum Gasteiger partial charge on any atom is 0.164 e. The van der Waals surface area contributed by atoms with Crippen LogP contribution in [0.15, 0.2) is 229 Å². The third-order valence-corrected chi connectivity index (χ3v) is 11.4. The third kappa shape index (κ3) is 7.07. The molecule has 0 amide bonds. The van der Waals surface area contributed by atoms with E-state index in [2.05, 4.69) is 206 Å². The van der Waals surface area contributed by atoms with Crippen molar-refractivity contribution in [3.8, 4) is 89.8 Å². The van der Waals surface area contributed by atoms with Crippen molar-refractivity contribution in [3.63, 3.8) is 0 Å². The van der Waals surface area contributed by atoms with Crippen molar-refractivity contribution in [2.45, 2.75) is 0 Å². The normalized spacial score (nSPS) is 11.3. The summed E-state index contributed by atoms with van der Waals surface area (Å²) in [6.45, 7) is 0. The Kier molecular flexibility index (Phi) is 9.14. The zero-order valence-corrected chi connectivity index (χ0v) is 33.1. The number of fused-ring (bicyclic) bond motifs is 3. The SMILES string of the molecule is c1ccc(-c2ccc(-c3nc(-c4ccc(-c5cccc(-c6ccccc6)c5)cc4)nc(-c4ccc5c(c4)oc4cc(-c6ccccc6)cc(-c6ccccc6)c45)n3)cc2)cc1. The predicted octanol–water partition coefficient (Wildman–Crippen LogP) is 15.1. The van der Waals surface area contributed by atoms with Crippen molar-refractivity contribution >= 4 is 21.9 Å². The lowest BCUT2D eigenvalue weighted by Gasteiger charge is -2.10. The molecule has 0 aliphatic rings. The molecule has 286 valence electrons. The lowest BCUT2D eigenvalue weighted by atomic mass is 9.94. The molecule has 4 heteroatoms. The lowest BCUT2D eigenvalue weighted by molar-refractivity contribution is 0.669. The van der Waals surface area contributed by atoms with Gasteiger partial charge in [0.1, 0.15) is 11.2 Å². The van der Waals surface area contributed by atoms with Crippen LogP contribution >= 0.6 is 0 Å². The van der Waals surface area contributed by atoms with Crippen LogP contribution in [-0.2, 0) is 0 Å². The average molecular weight is 780 g/mol. The Morgan fingerprint density at radius 1 is 0.246 bits per heavy atom. The smallest absolute Gasteiger partial charge is 0.164 e. The van der Waals surface area contributed by atoms with E-state index in [-0.39, 0.29) is 0 Å². The van der Waals surface area contributed by atoms with Gasteiger partial charge in [0.15, 0.2) is 17.5 Å². The summed E-state index contributed by atoms with van der Waals surface area (Å²) in [4.78, 5) is 15.4. The third-order valence-electron chi connectivity index (χ3n) is 11.4. The number of aromatic nitrogens is 3. The number of nitrogens with zero attached hydrogens (tertiary/aromatic N) is 3. The molecular formula is C57H37N3O. The maximum absolute atomic E-state index is 6.74. The Morgan fingerprint density at radius 3 is 1.16 bits per heavy atom. The van der Waals surface area contributed by atoms with Crippen LogP contribution in [0.5, 0.6) is 0 Å². The van der Waals surface area contributed by atoms with Crippen molar-refractivity contribution < 1.29 is 4.42 Å². The van der Waals surface area contributed by atoms with Gasteiger partial charge in [0.25, 0.3) is 0 Å². The first-order valence-corrected chi connectivity index (χ1v) is 20.5. The Labute approximate surface area is 354 Å². The molecule has 0 aliphatic heterocycles. The molecule has 11 aromatic rings. The van der Waals surface area contributed by atoms with Gasteiger partial charge in [0, 0.05) is 27.5 Å². The van der Waals surface area contributed by atoms with Gasteiger partial charge in [-0.3, -0.25) is 0 Å². The van der Waals surface area contributed by atoms with E-state index in [1.807, 2.05) is 18.2 Å². The van der Waals surface area contributed by atoms with Gasteiger partial charge in [-0.05, 0) is 86.0 Å². The van der Waals surface area contributed by atoms with Gasteiger partial charge in [-0.15, -0.1) is 0 Å². The van der Waals surface area contributed by atoms with E-state index < -0.39 is 0 Å². The highest BCUT2D eigenvalue weighted by atomic mass is 16.3. The van der Waals surface area contributed by atoms with Gasteiger partial charge in [-0.1, -0.05) is 194 Å². The highest BCUT2D eigenvalue weighted by molar-refractivity contribution is 6.14. The minimum atomic E-state index is 0.572. The molecule has 0 saturated heterocycles. The fraction of sp³-hybridized carbons (Fsp3) is 0. The first-order chi connectivity index (χ1) is 30.2. The number of furan rings is 1. The standard InChI is InChI=1S/C57H37N3O/c1-5-14-38(15-6-1)41-24-28-44(29-25-41)55-58-56(45-30-26-42(27-31-45)47-23-13-22-46(34-47)39-16-7-2-8-17-39)60-57(59-55)48-32-33-50-52(36-48)61-53-37-49(40-18-9-3-10-19-40)35-51(54(50)53)43-20-11-4-12-21-43/h1-37H. The zero-order valence-electron chi connectivity index (χ0n) is 33.1. The minimum Gasteiger partial charge on any atom is -0.456 e. The fourth-order valence-corrected chi connectivity index (χ4v) is 8.21. The molecule has 9 aromatic carbocycles. The van der Waals surface area contributed by atoms with E-state index >= 15 is 0 Å². The molecule has 0 saturated carbocycles. The summed E-state index contributed by atoms with van der Waals surface area (Å²) >= 11 is 0. The first-order valence-electron chi connectivity index (χ1n) is 20.5. The highest BCUT2D eigenvalue weighted by Crippen LogP contribution is 2.41. The quantitative estimate of drug-likeness (QED) is 0.154. The molecule has 4 nitrogen and oxygen atoms in total. The molecule has 61 heavy (non-hydrogen) atoms. The van der Waals surface area contributed by atoms with Crippen LogP contribution in [0, 0.1) is 0 Å². The van der Waals surface area contributed by atoms with E-state index in [9.17, 15) is 0 Å². The molecule has 0 fully saturated rings. The summed E-state index contributed by atoms with van der Waals surface area (Å²) in [5, 5.41) is 2.12. The second kappa shape index (κ2) is 15.5. The van der Waals surface area contributed by atoms with Crippen molar-refractivity contribution in [2.75, 3.05) is 0 Å². The van der Waals surface area contributed by atoms with E-state index in [4.69, 9.17) is 19.4 Å². The number of rotatable bonds is 8. The largest absolute Gasteiger partial charge is 0.456 e. The molecule has 0 N–H and O–H groups in total. The molecule has 0 atom stereocenters. The summed E-state index contributed by atoms with van der Waals surface area (Å²) in [6.07, 6.45) is 0. The van der Waals surface area contributed by atoms with E-state index in [1.54, 1.807) is 0 Å². The molecule has 0 unspecified atom stereocenters. The van der Waals surface area contributed by atoms with Crippen molar-refractivity contribution in [3.05, 3.63) is 224 Å². The molecule has 0 spiro atoms. The van der Waals surface area contributed by atoms with Crippen LogP contribution in [0.2, 0.25) is 0 Å². The monoisotopic (exact) mass is 779 g/mol. The average Bonchev–Trinajstić information content (AvgIpc) is 3.73. The minimum absolute atomic E-state index is 0.572. The van der Waals surface area contributed by atoms with E-state index in [1.165, 1.54) is 11.1 Å². The number of hydrogen-bond acceptors (Lipinski definition) is 4. The van der Waals surface area contributed by atoms with Crippen molar-refractivity contribution in [1.29, 1.82) is 0 Å². The van der Waals surface area contributed by atoms with Crippen LogP contribution in [0.1, 0.15) is 0 Å². The Hall–Kier alpha value is -8.21. The Balaban J connectivity index is 1.02. The molecule has 0 radical (unpaired) electrons. The fourth-order valence-electron chi connectivity index (χ4n) is 8.21. The number of benzene rings is 9. The van der Waals surface area contributed by atoms with Crippen molar-refractivity contribution in [2.24, 2.45) is 0 Å². The molecular weight excluding hydrogens is 743 g/mol. The Bertz CT molecular complexity index is 3310. The van der Waals surface area contributed by atoms with Crippen molar-refractivity contribution in [1.82, 2.24) is 15.0 Å². The van der Waals surface area contributed by atoms with E-state index in [0.29, 0.717) is 17.5 Å². The van der Waals surface area contributed by atoms with Gasteiger partial charge in [-0.2, -0.15) is 0 Å². The Morgan fingerprint density at radius 2 is 0.623 bits per heavy atom. The molecule has 2 heterocycles. The first kappa shape index (κ1) is 35.9. The maximum atomic E-state index is 6.74. The van der Waals surface area contributed by atoms with Gasteiger partial charge in [0.2, 0.25) is 0 Å². The van der Waals surface area contributed by atoms with Crippen LogP contribution in [0.25, 0.3) is 112 Å². The molecule has 11 rings (SSSR count). The summed E-state index contributed by atoms with van der Waals surface area (Å²) in [6, 6.07) is 78.2. The summed E-state index contributed by atoms with van der Waals surface area (Å²) in [5.41, 5.74) is 15.7. The van der Waals surface area contributed by atoms with E-state index in [0.717, 1.165) is 83.1 Å². The van der Waals surface area contributed by atoms with Crippen LogP contribution in [-0.4, -0.2) is 15.0 Å². The van der Waals surface area contributed by atoms with Crippen LogP contribution in [0.4, 0.5) is 0 Å². The summed E-state index contributed by atoms with van der Waals surface area (Å²) in [5.74, 6) is 1.77. The topological polar surface area (TPSA) is 51.8 Å². The molecule has 0 bridgehead atoms. The highest BCUT2D eigenvalue weighted by Gasteiger charge is 2.18. The van der Waals surface area contributed by atoms with Gasteiger partial charge < -0.3 is 4.42 Å². The summed E-state index contributed by atoms with van der Waals surface area (Å²) < 4.78 is 6.74. The van der Waals surface area contributed by atoms with Gasteiger partial charge in [0.05, 0.1) is 0 Å². The van der Waals surface area contributed by atoms with Gasteiger partial charge in [-0.25, -0.2) is 15.0 Å². The second-order valence-corrected chi connectivity index (χ2v) is 15.2. The van der Waals surface area contributed by atoms with Crippen LogP contribution < -0.4 is 0 Å². The summed E-state index contributed by atoms with van der Waals surface area (Å²) in [7, 11) is 0. The van der Waals surface area contributed by atoms with Gasteiger partial charge >= 0.3 is 0 Å². The second-order valence-electron chi connectivity index (χ2n) is 15.2.